The van der Waals surface area contributed by atoms with E-state index in [1.807, 2.05) is 31.7 Å². The van der Waals surface area contributed by atoms with Gasteiger partial charge in [-0.1, -0.05) is 24.6 Å². The fourth-order valence-electron chi connectivity index (χ4n) is 3.22. The lowest BCUT2D eigenvalue weighted by Crippen LogP contribution is -2.48. The van der Waals surface area contributed by atoms with Crippen molar-refractivity contribution in [1.29, 1.82) is 0 Å². The number of hydrogen-bond acceptors (Lipinski definition) is 4. The van der Waals surface area contributed by atoms with E-state index in [1.54, 1.807) is 12.1 Å². The van der Waals surface area contributed by atoms with E-state index in [9.17, 15) is 8.78 Å². The Kier molecular flexibility index (Phi) is 9.31. The maximum absolute atomic E-state index is 12.7. The zero-order valence-corrected chi connectivity index (χ0v) is 17.7. The highest BCUT2D eigenvalue weighted by Gasteiger charge is 2.32. The molecule has 1 aliphatic heterocycles. The summed E-state index contributed by atoms with van der Waals surface area (Å²) >= 11 is 1.96. The number of nitrogens with one attached hydrogen (secondary N) is 2. The number of hydrogen-bond donors (Lipinski definition) is 2. The van der Waals surface area contributed by atoms with Gasteiger partial charge in [0.25, 0.3) is 0 Å². The zero-order chi connectivity index (χ0) is 20.4. The summed E-state index contributed by atoms with van der Waals surface area (Å²) in [7, 11) is 0. The molecule has 0 aliphatic carbocycles. The molecule has 0 bridgehead atoms. The van der Waals surface area contributed by atoms with Crippen molar-refractivity contribution < 1.29 is 18.3 Å². The van der Waals surface area contributed by atoms with Crippen LogP contribution in [0, 0.1) is 6.92 Å². The highest BCUT2D eigenvalue weighted by atomic mass is 32.2. The number of aryl methyl sites for hydroxylation is 1. The average Bonchev–Trinajstić information content (AvgIpc) is 2.66. The smallest absolute Gasteiger partial charge is 0.387 e. The average molecular weight is 416 g/mol. The van der Waals surface area contributed by atoms with Crippen molar-refractivity contribution >= 4 is 17.7 Å². The van der Waals surface area contributed by atoms with Crippen LogP contribution in [0.25, 0.3) is 0 Å². The van der Waals surface area contributed by atoms with Crippen LogP contribution in [0.5, 0.6) is 5.75 Å². The number of halogens is 2. The lowest BCUT2D eigenvalue weighted by atomic mass is 9.99. The normalized spacial score (nSPS) is 16.9. The largest absolute Gasteiger partial charge is 0.434 e. The fraction of sp³-hybridized carbons (Fsp3) is 0.650. The first-order valence-corrected chi connectivity index (χ1v) is 10.7. The fourth-order valence-corrected chi connectivity index (χ4v) is 4.46. The summed E-state index contributed by atoms with van der Waals surface area (Å²) in [6.07, 6.45) is 2.00. The molecule has 0 amide bonds. The van der Waals surface area contributed by atoms with Crippen molar-refractivity contribution in [1.82, 2.24) is 10.6 Å². The molecule has 1 aliphatic rings. The minimum absolute atomic E-state index is 0.135. The van der Waals surface area contributed by atoms with E-state index in [1.165, 1.54) is 0 Å². The highest BCUT2D eigenvalue weighted by molar-refractivity contribution is 8.00. The predicted molar refractivity (Wildman–Crippen MR) is 112 cm³/mol. The third-order valence-electron chi connectivity index (χ3n) is 4.62. The van der Waals surface area contributed by atoms with Crippen LogP contribution in [0.4, 0.5) is 8.78 Å². The molecule has 0 aromatic heterocycles. The lowest BCUT2D eigenvalue weighted by molar-refractivity contribution is -0.0504. The number of benzene rings is 1. The Labute approximate surface area is 170 Å². The van der Waals surface area contributed by atoms with Crippen molar-refractivity contribution in [2.45, 2.75) is 51.5 Å². The summed E-state index contributed by atoms with van der Waals surface area (Å²) in [5.74, 6) is 1.89. The summed E-state index contributed by atoms with van der Waals surface area (Å²) < 4.78 is 35.6. The third-order valence-corrected chi connectivity index (χ3v) is 6.07. The third kappa shape index (κ3) is 7.13. The van der Waals surface area contributed by atoms with Crippen molar-refractivity contribution in [2.24, 2.45) is 4.99 Å². The van der Waals surface area contributed by atoms with E-state index < -0.39 is 6.61 Å². The highest BCUT2D eigenvalue weighted by Crippen LogP contribution is 2.34. The molecule has 5 nitrogen and oxygen atoms in total. The van der Waals surface area contributed by atoms with Gasteiger partial charge in [0.2, 0.25) is 0 Å². The van der Waals surface area contributed by atoms with Crippen LogP contribution in [0.15, 0.2) is 23.2 Å². The minimum atomic E-state index is -2.85. The summed E-state index contributed by atoms with van der Waals surface area (Å²) in [5.41, 5.74) is 1.62. The first-order chi connectivity index (χ1) is 13.5. The van der Waals surface area contributed by atoms with Gasteiger partial charge in [-0.15, -0.1) is 0 Å². The molecule has 8 heteroatoms. The number of aliphatic imine (C=N–C) groups is 1. The molecule has 2 rings (SSSR count). The van der Waals surface area contributed by atoms with Gasteiger partial charge in [-0.3, -0.25) is 0 Å². The molecule has 28 heavy (non-hydrogen) atoms. The van der Waals surface area contributed by atoms with Crippen molar-refractivity contribution in [3.63, 3.8) is 0 Å². The number of alkyl halides is 2. The topological polar surface area (TPSA) is 54.9 Å². The van der Waals surface area contributed by atoms with Crippen molar-refractivity contribution in [3.05, 3.63) is 29.3 Å². The van der Waals surface area contributed by atoms with Gasteiger partial charge < -0.3 is 20.1 Å². The van der Waals surface area contributed by atoms with Crippen LogP contribution in [0.3, 0.4) is 0 Å². The first-order valence-electron chi connectivity index (χ1n) is 9.76. The second kappa shape index (κ2) is 11.5. The molecule has 1 fully saturated rings. The minimum Gasteiger partial charge on any atom is -0.434 e. The van der Waals surface area contributed by atoms with Crippen LogP contribution in [0.1, 0.15) is 37.8 Å². The number of guanidine groups is 1. The van der Waals surface area contributed by atoms with Gasteiger partial charge in [0.1, 0.15) is 5.75 Å². The van der Waals surface area contributed by atoms with Gasteiger partial charge in [-0.25, -0.2) is 4.99 Å². The molecule has 1 aromatic carbocycles. The summed E-state index contributed by atoms with van der Waals surface area (Å²) in [4.78, 5) is 4.60. The van der Waals surface area contributed by atoms with Crippen LogP contribution >= 0.6 is 11.8 Å². The SMILES string of the molecule is CCNC(=NCc1cc(C)ccc1OC(F)F)NCC1(SCC)CCOCC1. The van der Waals surface area contributed by atoms with Gasteiger partial charge in [-0.05, 0) is 38.5 Å². The molecule has 2 N–H and O–H groups in total. The second-order valence-electron chi connectivity index (χ2n) is 6.77. The van der Waals surface area contributed by atoms with E-state index in [-0.39, 0.29) is 17.0 Å². The Morgan fingerprint density at radius 3 is 2.68 bits per heavy atom. The van der Waals surface area contributed by atoms with Gasteiger partial charge >= 0.3 is 6.61 Å². The van der Waals surface area contributed by atoms with Crippen LogP contribution in [-0.2, 0) is 11.3 Å². The number of nitrogens with zero attached hydrogens (tertiary/aromatic N) is 1. The zero-order valence-electron chi connectivity index (χ0n) is 16.9. The molecule has 1 aromatic rings. The van der Waals surface area contributed by atoms with E-state index in [4.69, 9.17) is 4.74 Å². The Hall–Kier alpha value is -1.54. The first kappa shape index (κ1) is 22.7. The summed E-state index contributed by atoms with van der Waals surface area (Å²) in [5, 5.41) is 6.67. The molecule has 1 heterocycles. The Balaban J connectivity index is 2.08. The molecule has 0 spiro atoms. The standard InChI is InChI=1S/C20H31F2N3O2S/c1-4-23-19(25-14-20(28-5-2)8-10-26-11-9-20)24-13-16-12-15(3)6-7-17(16)27-18(21)22/h6-7,12,18H,4-5,8-11,13-14H2,1-3H3,(H2,23,24,25). The molecule has 158 valence electrons. The van der Waals surface area contributed by atoms with Crippen LogP contribution in [0.2, 0.25) is 0 Å². The Morgan fingerprint density at radius 1 is 1.29 bits per heavy atom. The molecule has 0 radical (unpaired) electrons. The van der Waals surface area contributed by atoms with E-state index in [0.717, 1.165) is 50.5 Å². The van der Waals surface area contributed by atoms with Crippen LogP contribution in [-0.4, -0.2) is 49.4 Å². The van der Waals surface area contributed by atoms with Gasteiger partial charge in [0.05, 0.1) is 6.54 Å². The molecular formula is C20H31F2N3O2S. The summed E-state index contributed by atoms with van der Waals surface area (Å²) in [6, 6.07) is 5.16. The van der Waals surface area contributed by atoms with Gasteiger partial charge in [0.15, 0.2) is 5.96 Å². The van der Waals surface area contributed by atoms with E-state index >= 15 is 0 Å². The molecular weight excluding hydrogens is 384 g/mol. The number of thioether (sulfide) groups is 1. The maximum Gasteiger partial charge on any atom is 0.387 e. The second-order valence-corrected chi connectivity index (χ2v) is 8.50. The molecule has 0 atom stereocenters. The lowest BCUT2D eigenvalue weighted by Gasteiger charge is -2.37. The quantitative estimate of drug-likeness (QED) is 0.472. The van der Waals surface area contributed by atoms with Gasteiger partial charge in [0, 0.05) is 36.6 Å². The summed E-state index contributed by atoms with van der Waals surface area (Å²) in [6.45, 7) is 6.56. The van der Waals surface area contributed by atoms with Crippen LogP contribution < -0.4 is 15.4 Å². The number of ether oxygens (including phenoxy) is 2. The van der Waals surface area contributed by atoms with Crippen molar-refractivity contribution in [3.8, 4) is 5.75 Å². The molecule has 1 saturated heterocycles. The van der Waals surface area contributed by atoms with E-state index in [0.29, 0.717) is 11.5 Å². The Morgan fingerprint density at radius 2 is 2.04 bits per heavy atom. The molecule has 0 saturated carbocycles. The Bertz CT molecular complexity index is 632. The van der Waals surface area contributed by atoms with Crippen molar-refractivity contribution in [2.75, 3.05) is 32.1 Å². The number of rotatable bonds is 9. The molecule has 0 unspecified atom stereocenters. The maximum atomic E-state index is 12.7. The monoisotopic (exact) mass is 415 g/mol. The van der Waals surface area contributed by atoms with E-state index in [2.05, 4.69) is 27.3 Å². The van der Waals surface area contributed by atoms with Gasteiger partial charge in [-0.2, -0.15) is 20.5 Å². The predicted octanol–water partition coefficient (Wildman–Crippen LogP) is 3.95.